The van der Waals surface area contributed by atoms with Gasteiger partial charge in [0, 0.05) is 17.1 Å². The monoisotopic (exact) mass is 318 g/mol. The molecule has 0 saturated carbocycles. The fraction of sp³-hybridized carbons (Fsp3) is 0.182. The van der Waals surface area contributed by atoms with Crippen molar-refractivity contribution in [3.8, 4) is 0 Å². The maximum absolute atomic E-state index is 13.5. The van der Waals surface area contributed by atoms with E-state index in [-0.39, 0.29) is 16.2 Å². The Kier molecular flexibility index (Phi) is 3.73. The van der Waals surface area contributed by atoms with Gasteiger partial charge in [-0.3, -0.25) is 4.98 Å². The van der Waals surface area contributed by atoms with Crippen LogP contribution in [0.1, 0.15) is 17.8 Å². The molecule has 1 aromatic heterocycles. The standard InChI is InChI=1S/C11H9BrF2N2S/c1-6(11-4-15-5-17-11)16-10-2-7(12)8(13)3-9(10)14/h2-6,16H,1H3. The highest BCUT2D eigenvalue weighted by Crippen LogP contribution is 2.27. The molecule has 2 nitrogen and oxygen atoms in total. The topological polar surface area (TPSA) is 24.9 Å². The minimum Gasteiger partial charge on any atom is -0.375 e. The van der Waals surface area contributed by atoms with Crippen LogP contribution in [-0.4, -0.2) is 4.98 Å². The van der Waals surface area contributed by atoms with E-state index in [2.05, 4.69) is 26.2 Å². The number of rotatable bonds is 3. The number of aromatic nitrogens is 1. The minimum atomic E-state index is -0.613. The van der Waals surface area contributed by atoms with Crippen molar-refractivity contribution >= 4 is 33.0 Å². The van der Waals surface area contributed by atoms with E-state index < -0.39 is 11.6 Å². The van der Waals surface area contributed by atoms with E-state index in [0.29, 0.717) is 0 Å². The van der Waals surface area contributed by atoms with Crippen LogP contribution in [0, 0.1) is 11.6 Å². The number of nitrogens with zero attached hydrogens (tertiary/aromatic N) is 1. The predicted octanol–water partition coefficient (Wildman–Crippen LogP) is 4.36. The van der Waals surface area contributed by atoms with Gasteiger partial charge in [-0.15, -0.1) is 11.3 Å². The summed E-state index contributed by atoms with van der Waals surface area (Å²) in [6.45, 7) is 1.89. The quantitative estimate of drug-likeness (QED) is 0.851. The smallest absolute Gasteiger partial charge is 0.149 e. The number of thiazole rings is 1. The van der Waals surface area contributed by atoms with Crippen LogP contribution in [0.3, 0.4) is 0 Å². The summed E-state index contributed by atoms with van der Waals surface area (Å²) in [5.41, 5.74) is 1.98. The zero-order chi connectivity index (χ0) is 12.4. The molecule has 0 aliphatic heterocycles. The number of anilines is 1. The molecule has 0 amide bonds. The summed E-state index contributed by atoms with van der Waals surface area (Å²) in [5, 5.41) is 2.98. The van der Waals surface area contributed by atoms with E-state index in [1.54, 1.807) is 11.7 Å². The lowest BCUT2D eigenvalue weighted by Gasteiger charge is -2.14. The van der Waals surface area contributed by atoms with Crippen LogP contribution in [0.25, 0.3) is 0 Å². The second-order valence-electron chi connectivity index (χ2n) is 3.52. The lowest BCUT2D eigenvalue weighted by Crippen LogP contribution is -2.06. The van der Waals surface area contributed by atoms with Gasteiger partial charge < -0.3 is 5.32 Å². The molecule has 2 aromatic rings. The summed E-state index contributed by atoms with van der Waals surface area (Å²) in [7, 11) is 0. The molecule has 0 spiro atoms. The van der Waals surface area contributed by atoms with Crippen LogP contribution in [0.5, 0.6) is 0 Å². The van der Waals surface area contributed by atoms with Crippen molar-refractivity contribution < 1.29 is 8.78 Å². The number of hydrogen-bond donors (Lipinski definition) is 1. The van der Waals surface area contributed by atoms with Gasteiger partial charge in [-0.05, 0) is 28.9 Å². The molecule has 0 fully saturated rings. The highest BCUT2D eigenvalue weighted by molar-refractivity contribution is 9.10. The molecule has 0 aliphatic carbocycles. The Bertz CT molecular complexity index is 516. The number of halogens is 3. The highest BCUT2D eigenvalue weighted by Gasteiger charge is 2.12. The molecule has 0 aliphatic rings. The molecule has 1 unspecified atom stereocenters. The van der Waals surface area contributed by atoms with Crippen molar-refractivity contribution in [1.29, 1.82) is 0 Å². The van der Waals surface area contributed by atoms with Crippen molar-refractivity contribution in [1.82, 2.24) is 4.98 Å². The van der Waals surface area contributed by atoms with E-state index >= 15 is 0 Å². The third kappa shape index (κ3) is 2.81. The van der Waals surface area contributed by atoms with E-state index in [4.69, 9.17) is 0 Å². The molecule has 1 N–H and O–H groups in total. The molecular weight excluding hydrogens is 310 g/mol. The first-order valence-corrected chi connectivity index (χ1v) is 6.54. The first-order valence-electron chi connectivity index (χ1n) is 4.87. The summed E-state index contributed by atoms with van der Waals surface area (Å²) >= 11 is 4.51. The summed E-state index contributed by atoms with van der Waals surface area (Å²) in [5.74, 6) is -1.22. The average molecular weight is 319 g/mol. The van der Waals surface area contributed by atoms with Gasteiger partial charge in [0.05, 0.1) is 21.7 Å². The van der Waals surface area contributed by atoms with E-state index in [0.717, 1.165) is 10.9 Å². The van der Waals surface area contributed by atoms with Gasteiger partial charge in [0.15, 0.2) is 0 Å². The van der Waals surface area contributed by atoms with Gasteiger partial charge in [0.2, 0.25) is 0 Å². The second kappa shape index (κ2) is 5.10. The zero-order valence-corrected chi connectivity index (χ0v) is 11.3. The van der Waals surface area contributed by atoms with Crippen LogP contribution in [0.2, 0.25) is 0 Å². The first-order chi connectivity index (χ1) is 8.08. The van der Waals surface area contributed by atoms with Gasteiger partial charge in [-0.2, -0.15) is 0 Å². The summed E-state index contributed by atoms with van der Waals surface area (Å²) in [6.07, 6.45) is 1.72. The van der Waals surface area contributed by atoms with Crippen LogP contribution in [-0.2, 0) is 0 Å². The van der Waals surface area contributed by atoms with Gasteiger partial charge in [0.25, 0.3) is 0 Å². The van der Waals surface area contributed by atoms with Crippen molar-refractivity contribution in [3.63, 3.8) is 0 Å². The minimum absolute atomic E-state index is 0.0747. The normalized spacial score (nSPS) is 12.5. The van der Waals surface area contributed by atoms with Gasteiger partial charge in [-0.25, -0.2) is 8.78 Å². The van der Waals surface area contributed by atoms with Crippen molar-refractivity contribution in [2.45, 2.75) is 13.0 Å². The third-order valence-electron chi connectivity index (χ3n) is 2.26. The first kappa shape index (κ1) is 12.4. The van der Waals surface area contributed by atoms with Gasteiger partial charge in [0.1, 0.15) is 11.6 Å². The highest BCUT2D eigenvalue weighted by atomic mass is 79.9. The molecular formula is C11H9BrF2N2S. The summed E-state index contributed by atoms with van der Waals surface area (Å²) < 4.78 is 26.8. The molecule has 1 heterocycles. The molecule has 1 atom stereocenters. The third-order valence-corrected chi connectivity index (χ3v) is 3.83. The number of benzene rings is 1. The van der Waals surface area contributed by atoms with E-state index in [1.807, 2.05) is 6.92 Å². The molecule has 0 bridgehead atoms. The van der Waals surface area contributed by atoms with E-state index in [9.17, 15) is 8.78 Å². The maximum Gasteiger partial charge on any atom is 0.149 e. The lowest BCUT2D eigenvalue weighted by molar-refractivity contribution is 0.579. The van der Waals surface area contributed by atoms with Crippen molar-refractivity contribution in [3.05, 3.63) is 44.8 Å². The summed E-state index contributed by atoms with van der Waals surface area (Å²) in [6, 6.07) is 2.17. The summed E-state index contributed by atoms with van der Waals surface area (Å²) in [4.78, 5) is 4.95. The molecule has 0 saturated heterocycles. The Hall–Kier alpha value is -1.01. The molecule has 6 heteroatoms. The molecule has 17 heavy (non-hydrogen) atoms. The van der Waals surface area contributed by atoms with Crippen LogP contribution in [0.15, 0.2) is 28.3 Å². The SMILES string of the molecule is CC(Nc1cc(Br)c(F)cc1F)c1cncs1. The Morgan fingerprint density at radius 3 is 2.76 bits per heavy atom. The Morgan fingerprint density at radius 1 is 1.35 bits per heavy atom. The van der Waals surface area contributed by atoms with Crippen molar-refractivity contribution in [2.75, 3.05) is 5.32 Å². The maximum atomic E-state index is 13.5. The number of nitrogens with one attached hydrogen (secondary N) is 1. The lowest BCUT2D eigenvalue weighted by atomic mass is 10.2. The van der Waals surface area contributed by atoms with Crippen LogP contribution < -0.4 is 5.32 Å². The second-order valence-corrected chi connectivity index (χ2v) is 5.29. The largest absolute Gasteiger partial charge is 0.375 e. The van der Waals surface area contributed by atoms with Gasteiger partial charge >= 0.3 is 0 Å². The average Bonchev–Trinajstić information content (AvgIpc) is 2.79. The Balaban J connectivity index is 2.22. The fourth-order valence-corrected chi connectivity index (χ4v) is 2.35. The van der Waals surface area contributed by atoms with Crippen molar-refractivity contribution in [2.24, 2.45) is 0 Å². The Labute approximate surface area is 110 Å². The molecule has 0 radical (unpaired) electrons. The van der Waals surface area contributed by atoms with Crippen LogP contribution >= 0.6 is 27.3 Å². The van der Waals surface area contributed by atoms with E-state index in [1.165, 1.54) is 17.4 Å². The predicted molar refractivity (Wildman–Crippen MR) is 68.2 cm³/mol. The Morgan fingerprint density at radius 2 is 2.12 bits per heavy atom. The zero-order valence-electron chi connectivity index (χ0n) is 8.88. The van der Waals surface area contributed by atoms with Crippen LogP contribution in [0.4, 0.5) is 14.5 Å². The number of hydrogen-bond acceptors (Lipinski definition) is 3. The molecule has 1 aromatic carbocycles. The fourth-order valence-electron chi connectivity index (χ4n) is 1.38. The molecule has 2 rings (SSSR count). The van der Waals surface area contributed by atoms with Gasteiger partial charge in [-0.1, -0.05) is 0 Å². The molecule has 90 valence electrons.